The van der Waals surface area contributed by atoms with Crippen LogP contribution in [-0.2, 0) is 0 Å². The zero-order valence-electron chi connectivity index (χ0n) is 9.90. The number of hydrogen-bond acceptors (Lipinski definition) is 1. The van der Waals surface area contributed by atoms with Crippen LogP contribution < -0.4 is 5.32 Å². The Morgan fingerprint density at radius 3 is 2.15 bits per heavy atom. The van der Waals surface area contributed by atoms with Gasteiger partial charge < -0.3 is 5.32 Å². The molecule has 0 aromatic heterocycles. The van der Waals surface area contributed by atoms with E-state index in [-0.39, 0.29) is 0 Å². The molecule has 1 N–H and O–H groups in total. The lowest BCUT2D eigenvalue weighted by molar-refractivity contribution is 0.408. The summed E-state index contributed by atoms with van der Waals surface area (Å²) in [7, 11) is 0. The highest BCUT2D eigenvalue weighted by molar-refractivity contribution is 4.66. The summed E-state index contributed by atoms with van der Waals surface area (Å²) in [6, 6.07) is 0.771. The Bertz CT molecular complexity index is 99.3. The molecule has 0 heterocycles. The van der Waals surface area contributed by atoms with Crippen molar-refractivity contribution in [3.8, 4) is 0 Å². The summed E-state index contributed by atoms with van der Waals surface area (Å²) >= 11 is 0. The van der Waals surface area contributed by atoms with Crippen LogP contribution >= 0.6 is 0 Å². The van der Waals surface area contributed by atoms with E-state index in [0.29, 0.717) is 0 Å². The Morgan fingerprint density at radius 1 is 1.00 bits per heavy atom. The first-order valence-electron chi connectivity index (χ1n) is 5.94. The molecule has 0 aliphatic carbocycles. The van der Waals surface area contributed by atoms with Crippen LogP contribution in [-0.4, -0.2) is 12.6 Å². The van der Waals surface area contributed by atoms with E-state index in [2.05, 4.69) is 33.0 Å². The van der Waals surface area contributed by atoms with Crippen molar-refractivity contribution < 1.29 is 0 Å². The van der Waals surface area contributed by atoms with Gasteiger partial charge in [-0.2, -0.15) is 0 Å². The molecule has 0 aliphatic rings. The average Bonchev–Trinajstić information content (AvgIpc) is 2.09. The monoisotopic (exact) mass is 185 g/mol. The van der Waals surface area contributed by atoms with Gasteiger partial charge in [0.1, 0.15) is 0 Å². The number of unbranched alkanes of at least 4 members (excludes halogenated alkanes) is 1. The Kier molecular flexibility index (Phi) is 8.53. The van der Waals surface area contributed by atoms with Crippen molar-refractivity contribution in [2.24, 2.45) is 5.92 Å². The Hall–Kier alpha value is -0.0400. The molecule has 0 fully saturated rings. The molecule has 0 aromatic carbocycles. The summed E-state index contributed by atoms with van der Waals surface area (Å²) in [6.07, 6.45) is 6.77. The molecule has 0 bridgehead atoms. The molecule has 0 rings (SSSR count). The van der Waals surface area contributed by atoms with Crippen molar-refractivity contribution in [1.29, 1.82) is 0 Å². The summed E-state index contributed by atoms with van der Waals surface area (Å²) in [4.78, 5) is 0. The van der Waals surface area contributed by atoms with E-state index < -0.39 is 0 Å². The van der Waals surface area contributed by atoms with Crippen molar-refractivity contribution in [3.05, 3.63) is 0 Å². The SMILES string of the molecule is CCCCC(CCC(C)C)NCC. The predicted molar refractivity (Wildman–Crippen MR) is 61.1 cm³/mol. The smallest absolute Gasteiger partial charge is 0.00670 e. The average molecular weight is 185 g/mol. The van der Waals surface area contributed by atoms with Gasteiger partial charge in [0.2, 0.25) is 0 Å². The molecule has 0 aliphatic heterocycles. The largest absolute Gasteiger partial charge is 0.314 e. The van der Waals surface area contributed by atoms with Crippen molar-refractivity contribution in [1.82, 2.24) is 5.32 Å². The van der Waals surface area contributed by atoms with E-state index >= 15 is 0 Å². The van der Waals surface area contributed by atoms with Crippen molar-refractivity contribution in [3.63, 3.8) is 0 Å². The first-order valence-corrected chi connectivity index (χ1v) is 5.94. The van der Waals surface area contributed by atoms with Crippen LogP contribution in [0, 0.1) is 5.92 Å². The summed E-state index contributed by atoms with van der Waals surface area (Å²) in [6.45, 7) is 10.2. The lowest BCUT2D eigenvalue weighted by atomic mass is 9.99. The molecular formula is C12H27N. The second-order valence-corrected chi connectivity index (χ2v) is 4.37. The molecule has 0 radical (unpaired) electrons. The standard InChI is InChI=1S/C12H27N/c1-5-7-8-12(13-6-2)10-9-11(3)4/h11-13H,5-10H2,1-4H3. The molecule has 1 atom stereocenters. The highest BCUT2D eigenvalue weighted by atomic mass is 14.9. The minimum Gasteiger partial charge on any atom is -0.314 e. The Morgan fingerprint density at radius 2 is 1.69 bits per heavy atom. The molecule has 0 amide bonds. The molecule has 0 saturated heterocycles. The van der Waals surface area contributed by atoms with Gasteiger partial charge >= 0.3 is 0 Å². The van der Waals surface area contributed by atoms with Crippen LogP contribution in [0.15, 0.2) is 0 Å². The maximum Gasteiger partial charge on any atom is 0.00670 e. The second kappa shape index (κ2) is 8.55. The van der Waals surface area contributed by atoms with Gasteiger partial charge in [-0.05, 0) is 31.7 Å². The first-order chi connectivity index (χ1) is 6.20. The van der Waals surface area contributed by atoms with Crippen LogP contribution in [0.1, 0.15) is 59.8 Å². The van der Waals surface area contributed by atoms with E-state index in [4.69, 9.17) is 0 Å². The minimum atomic E-state index is 0.771. The van der Waals surface area contributed by atoms with Crippen LogP contribution in [0.2, 0.25) is 0 Å². The van der Waals surface area contributed by atoms with E-state index in [0.717, 1.165) is 18.5 Å². The van der Waals surface area contributed by atoms with Gasteiger partial charge in [-0.3, -0.25) is 0 Å². The van der Waals surface area contributed by atoms with Gasteiger partial charge in [-0.1, -0.05) is 40.5 Å². The highest BCUT2D eigenvalue weighted by Gasteiger charge is 2.06. The van der Waals surface area contributed by atoms with E-state index in [1.54, 1.807) is 0 Å². The molecule has 80 valence electrons. The number of hydrogen-bond donors (Lipinski definition) is 1. The lowest BCUT2D eigenvalue weighted by Crippen LogP contribution is -2.29. The van der Waals surface area contributed by atoms with Crippen LogP contribution in [0.3, 0.4) is 0 Å². The molecule has 1 unspecified atom stereocenters. The Labute approximate surface area is 84.3 Å². The fourth-order valence-electron chi connectivity index (χ4n) is 1.62. The molecule has 0 saturated carbocycles. The molecular weight excluding hydrogens is 158 g/mol. The quantitative estimate of drug-likeness (QED) is 0.609. The van der Waals surface area contributed by atoms with Crippen molar-refractivity contribution in [2.75, 3.05) is 6.54 Å². The third kappa shape index (κ3) is 8.29. The summed E-state index contributed by atoms with van der Waals surface area (Å²) in [5.74, 6) is 0.850. The number of nitrogens with one attached hydrogen (secondary N) is 1. The van der Waals surface area contributed by atoms with Crippen LogP contribution in [0.25, 0.3) is 0 Å². The summed E-state index contributed by atoms with van der Waals surface area (Å²) < 4.78 is 0. The topological polar surface area (TPSA) is 12.0 Å². The molecule has 13 heavy (non-hydrogen) atoms. The highest BCUT2D eigenvalue weighted by Crippen LogP contribution is 2.11. The van der Waals surface area contributed by atoms with Gasteiger partial charge in [-0.15, -0.1) is 0 Å². The fraction of sp³-hybridized carbons (Fsp3) is 1.00. The van der Waals surface area contributed by atoms with Gasteiger partial charge in [-0.25, -0.2) is 0 Å². The number of rotatable bonds is 8. The van der Waals surface area contributed by atoms with Crippen molar-refractivity contribution >= 4 is 0 Å². The lowest BCUT2D eigenvalue weighted by Gasteiger charge is -2.18. The molecule has 1 heteroatoms. The van der Waals surface area contributed by atoms with Gasteiger partial charge in [0.25, 0.3) is 0 Å². The summed E-state index contributed by atoms with van der Waals surface area (Å²) in [5.41, 5.74) is 0. The Balaban J connectivity index is 3.53. The molecule has 0 spiro atoms. The van der Waals surface area contributed by atoms with Gasteiger partial charge in [0, 0.05) is 6.04 Å². The van der Waals surface area contributed by atoms with E-state index in [1.165, 1.54) is 32.1 Å². The van der Waals surface area contributed by atoms with E-state index in [1.807, 2.05) is 0 Å². The third-order valence-electron chi connectivity index (χ3n) is 2.49. The zero-order chi connectivity index (χ0) is 10.1. The van der Waals surface area contributed by atoms with Crippen LogP contribution in [0.5, 0.6) is 0 Å². The van der Waals surface area contributed by atoms with Crippen LogP contribution in [0.4, 0.5) is 0 Å². The van der Waals surface area contributed by atoms with E-state index in [9.17, 15) is 0 Å². The van der Waals surface area contributed by atoms with Crippen molar-refractivity contribution in [2.45, 2.75) is 65.8 Å². The maximum absolute atomic E-state index is 3.57. The molecule has 0 aromatic rings. The van der Waals surface area contributed by atoms with Gasteiger partial charge in [0.05, 0.1) is 0 Å². The summed E-state index contributed by atoms with van der Waals surface area (Å²) in [5, 5.41) is 3.57. The molecule has 1 nitrogen and oxygen atoms in total. The fourth-order valence-corrected chi connectivity index (χ4v) is 1.62. The maximum atomic E-state index is 3.57. The second-order valence-electron chi connectivity index (χ2n) is 4.37. The third-order valence-corrected chi connectivity index (χ3v) is 2.49. The first kappa shape index (κ1) is 13.0. The van der Waals surface area contributed by atoms with Gasteiger partial charge in [0.15, 0.2) is 0 Å². The zero-order valence-corrected chi connectivity index (χ0v) is 9.90. The minimum absolute atomic E-state index is 0.771. The predicted octanol–water partition coefficient (Wildman–Crippen LogP) is 3.59. The normalized spacial score (nSPS) is 13.6.